The number of hydrogen-bond acceptors (Lipinski definition) is 3. The molecule has 1 aromatic rings. The monoisotopic (exact) mass is 286 g/mol. The Morgan fingerprint density at radius 3 is 2.94 bits per heavy atom. The summed E-state index contributed by atoms with van der Waals surface area (Å²) in [6.07, 6.45) is 2.39. The van der Waals surface area contributed by atoms with Crippen LogP contribution < -0.4 is 5.73 Å². The van der Waals surface area contributed by atoms with Crippen LogP contribution in [0.25, 0.3) is 0 Å². The molecule has 2 rings (SSSR count). The molecule has 0 aliphatic carbocycles. The Balaban J connectivity index is 1.85. The van der Waals surface area contributed by atoms with Gasteiger partial charge in [0, 0.05) is 23.9 Å². The van der Waals surface area contributed by atoms with E-state index in [9.17, 15) is 4.79 Å². The number of aryl methyl sites for hydroxylation is 1. The normalized spacial score (nSPS) is 23.6. The smallest absolute Gasteiger partial charge is 0.223 e. The van der Waals surface area contributed by atoms with Crippen LogP contribution in [0.1, 0.15) is 24.6 Å². The number of rotatable bonds is 4. The van der Waals surface area contributed by atoms with Crippen molar-refractivity contribution in [2.24, 2.45) is 11.7 Å². The van der Waals surface area contributed by atoms with Gasteiger partial charge in [-0.2, -0.15) is 0 Å². The maximum absolute atomic E-state index is 12.2. The molecule has 0 saturated carbocycles. The third-order valence-corrected chi connectivity index (χ3v) is 4.82. The molecule has 1 aliphatic rings. The molecule has 1 saturated heterocycles. The number of carbonyl (C=O) groups is 1. The highest BCUT2D eigenvalue weighted by molar-refractivity contribution is 7.16. The molecule has 1 fully saturated rings. The van der Waals surface area contributed by atoms with Gasteiger partial charge in [-0.05, 0) is 44.4 Å². The molecule has 2 atom stereocenters. The Bertz CT molecular complexity index is 421. The highest BCUT2D eigenvalue weighted by Crippen LogP contribution is 2.25. The lowest BCUT2D eigenvalue weighted by Crippen LogP contribution is -2.34. The molecule has 2 N–H and O–H groups in total. The molecule has 0 radical (unpaired) electrons. The van der Waals surface area contributed by atoms with Crippen molar-refractivity contribution >= 4 is 28.8 Å². The Kier molecular flexibility index (Phi) is 4.65. The lowest BCUT2D eigenvalue weighted by molar-refractivity contribution is -0.131. The van der Waals surface area contributed by atoms with E-state index in [1.807, 2.05) is 17.0 Å². The van der Waals surface area contributed by atoms with E-state index in [-0.39, 0.29) is 5.91 Å². The second-order valence-electron chi connectivity index (χ2n) is 4.94. The Morgan fingerprint density at radius 1 is 1.61 bits per heavy atom. The molecular formula is C13H19ClN2OS. The van der Waals surface area contributed by atoms with Crippen LogP contribution in [-0.2, 0) is 11.2 Å². The molecular weight excluding hydrogens is 268 g/mol. The third-order valence-electron chi connectivity index (χ3n) is 3.53. The summed E-state index contributed by atoms with van der Waals surface area (Å²) >= 11 is 7.43. The number of likely N-dealkylation sites (tertiary alicyclic amines) is 1. The maximum Gasteiger partial charge on any atom is 0.223 e. The molecule has 2 heterocycles. The molecule has 3 nitrogen and oxygen atoms in total. The van der Waals surface area contributed by atoms with Crippen LogP contribution in [0.15, 0.2) is 12.1 Å². The van der Waals surface area contributed by atoms with Gasteiger partial charge in [-0.15, -0.1) is 11.3 Å². The van der Waals surface area contributed by atoms with Crippen molar-refractivity contribution in [3.8, 4) is 0 Å². The molecule has 0 bridgehead atoms. The number of amides is 1. The average molecular weight is 287 g/mol. The van der Waals surface area contributed by atoms with Gasteiger partial charge in [0.2, 0.25) is 5.91 Å². The Labute approximate surface area is 117 Å². The van der Waals surface area contributed by atoms with Crippen molar-refractivity contribution in [2.45, 2.75) is 32.2 Å². The molecule has 100 valence electrons. The van der Waals surface area contributed by atoms with Gasteiger partial charge in [-0.25, -0.2) is 0 Å². The number of thiophene rings is 1. The molecule has 0 spiro atoms. The first-order valence-electron chi connectivity index (χ1n) is 6.34. The number of nitrogens with two attached hydrogens (primary N) is 1. The van der Waals surface area contributed by atoms with Gasteiger partial charge in [0.15, 0.2) is 0 Å². The van der Waals surface area contributed by atoms with Crippen molar-refractivity contribution in [1.82, 2.24) is 4.90 Å². The van der Waals surface area contributed by atoms with Crippen molar-refractivity contribution in [1.29, 1.82) is 0 Å². The summed E-state index contributed by atoms with van der Waals surface area (Å²) in [7, 11) is 0. The molecule has 0 aromatic carbocycles. The molecule has 18 heavy (non-hydrogen) atoms. The van der Waals surface area contributed by atoms with Crippen LogP contribution in [0.3, 0.4) is 0 Å². The van der Waals surface area contributed by atoms with E-state index in [4.69, 9.17) is 17.3 Å². The van der Waals surface area contributed by atoms with E-state index in [1.54, 1.807) is 11.3 Å². The topological polar surface area (TPSA) is 46.3 Å². The van der Waals surface area contributed by atoms with Crippen LogP contribution in [0.2, 0.25) is 4.34 Å². The van der Waals surface area contributed by atoms with Crippen molar-refractivity contribution in [3.05, 3.63) is 21.3 Å². The zero-order valence-electron chi connectivity index (χ0n) is 10.6. The predicted octanol–water partition coefficient (Wildman–Crippen LogP) is 2.53. The summed E-state index contributed by atoms with van der Waals surface area (Å²) in [5.74, 6) is 0.711. The van der Waals surface area contributed by atoms with Gasteiger partial charge in [0.25, 0.3) is 0 Å². The highest BCUT2D eigenvalue weighted by Gasteiger charge is 2.31. The van der Waals surface area contributed by atoms with E-state index in [0.29, 0.717) is 24.9 Å². The van der Waals surface area contributed by atoms with Gasteiger partial charge in [0.05, 0.1) is 4.34 Å². The van der Waals surface area contributed by atoms with E-state index in [1.165, 1.54) is 4.88 Å². The molecule has 2 unspecified atom stereocenters. The molecule has 1 aliphatic heterocycles. The minimum absolute atomic E-state index is 0.239. The number of halogens is 1. The largest absolute Gasteiger partial charge is 0.340 e. The van der Waals surface area contributed by atoms with Crippen LogP contribution in [-0.4, -0.2) is 29.9 Å². The summed E-state index contributed by atoms with van der Waals surface area (Å²) < 4.78 is 0.787. The van der Waals surface area contributed by atoms with Crippen molar-refractivity contribution < 1.29 is 4.79 Å². The van der Waals surface area contributed by atoms with Gasteiger partial charge >= 0.3 is 0 Å². The summed E-state index contributed by atoms with van der Waals surface area (Å²) in [4.78, 5) is 15.3. The Hall–Kier alpha value is -0.580. The van der Waals surface area contributed by atoms with E-state index in [0.717, 1.165) is 23.7 Å². The second-order valence-corrected chi connectivity index (χ2v) is 6.74. The summed E-state index contributed by atoms with van der Waals surface area (Å²) in [5.41, 5.74) is 5.68. The van der Waals surface area contributed by atoms with Crippen LogP contribution in [0, 0.1) is 5.92 Å². The van der Waals surface area contributed by atoms with Crippen LogP contribution >= 0.6 is 22.9 Å². The van der Waals surface area contributed by atoms with Gasteiger partial charge in [-0.3, -0.25) is 4.79 Å². The first-order valence-corrected chi connectivity index (χ1v) is 7.53. The average Bonchev–Trinajstić information content (AvgIpc) is 2.92. The maximum atomic E-state index is 12.2. The summed E-state index contributed by atoms with van der Waals surface area (Å²) in [6, 6.07) is 4.21. The minimum Gasteiger partial charge on any atom is -0.340 e. The molecule has 1 aromatic heterocycles. The quantitative estimate of drug-likeness (QED) is 0.924. The first-order chi connectivity index (χ1) is 8.60. The zero-order chi connectivity index (χ0) is 13.1. The highest BCUT2D eigenvalue weighted by atomic mass is 35.5. The van der Waals surface area contributed by atoms with Gasteiger partial charge in [0.1, 0.15) is 0 Å². The zero-order valence-corrected chi connectivity index (χ0v) is 12.1. The molecule has 1 amide bonds. The van der Waals surface area contributed by atoms with Crippen LogP contribution in [0.4, 0.5) is 0 Å². The van der Waals surface area contributed by atoms with Crippen molar-refractivity contribution in [2.75, 3.05) is 13.1 Å². The first kappa shape index (κ1) is 13.8. The fourth-order valence-electron chi connectivity index (χ4n) is 2.52. The number of hydrogen-bond donors (Lipinski definition) is 1. The fraction of sp³-hybridized carbons (Fsp3) is 0.615. The lowest BCUT2D eigenvalue weighted by atomic mass is 10.1. The third kappa shape index (κ3) is 3.25. The van der Waals surface area contributed by atoms with E-state index in [2.05, 4.69) is 6.92 Å². The minimum atomic E-state index is 0.239. The van der Waals surface area contributed by atoms with E-state index >= 15 is 0 Å². The standard InChI is InChI=1S/C13H19ClN2OS/c1-9-6-10(7-15)8-16(9)13(17)5-3-11-2-4-12(14)18-11/h2,4,9-10H,3,5-8,15H2,1H3. The number of nitrogens with zero attached hydrogens (tertiary/aromatic N) is 1. The lowest BCUT2D eigenvalue weighted by Gasteiger charge is -2.21. The van der Waals surface area contributed by atoms with Crippen molar-refractivity contribution in [3.63, 3.8) is 0 Å². The summed E-state index contributed by atoms with van der Waals surface area (Å²) in [5, 5.41) is 0. The predicted molar refractivity (Wildman–Crippen MR) is 76.0 cm³/mol. The van der Waals surface area contributed by atoms with Gasteiger partial charge in [-0.1, -0.05) is 11.6 Å². The summed E-state index contributed by atoms with van der Waals surface area (Å²) in [6.45, 7) is 3.60. The van der Waals surface area contributed by atoms with Gasteiger partial charge < -0.3 is 10.6 Å². The molecule has 5 heteroatoms. The Morgan fingerprint density at radius 2 is 2.39 bits per heavy atom. The number of carbonyl (C=O) groups excluding carboxylic acids is 1. The SMILES string of the molecule is CC1CC(CN)CN1C(=O)CCc1ccc(Cl)s1. The van der Waals surface area contributed by atoms with E-state index < -0.39 is 0 Å². The van der Waals surface area contributed by atoms with Crippen LogP contribution in [0.5, 0.6) is 0 Å². The second kappa shape index (κ2) is 6.04. The fourth-order valence-corrected chi connectivity index (χ4v) is 3.61.